The van der Waals surface area contributed by atoms with Crippen molar-refractivity contribution in [2.75, 3.05) is 5.32 Å². The maximum absolute atomic E-state index is 12.7. The number of hydrogen-bond donors (Lipinski definition) is 2. The van der Waals surface area contributed by atoms with Crippen molar-refractivity contribution in [2.24, 2.45) is 0 Å². The molecule has 6 heteroatoms. The quantitative estimate of drug-likeness (QED) is 0.762. The third-order valence-corrected chi connectivity index (χ3v) is 4.62. The third kappa shape index (κ3) is 2.95. The molecule has 0 saturated carbocycles. The summed E-state index contributed by atoms with van der Waals surface area (Å²) in [5.74, 6) is 0.376. The van der Waals surface area contributed by atoms with E-state index in [-0.39, 0.29) is 5.91 Å². The maximum atomic E-state index is 12.7. The summed E-state index contributed by atoms with van der Waals surface area (Å²) in [6, 6.07) is 5.72. The zero-order valence-corrected chi connectivity index (χ0v) is 14.3. The monoisotopic (exact) mass is 336 g/mol. The second-order valence-corrected chi connectivity index (χ2v) is 6.51. The van der Waals surface area contributed by atoms with Crippen LogP contribution >= 0.6 is 0 Å². The number of aryl methyl sites for hydroxylation is 3. The first kappa shape index (κ1) is 15.6. The number of aromatic nitrogens is 3. The van der Waals surface area contributed by atoms with Gasteiger partial charge in [-0.3, -0.25) is 9.89 Å². The van der Waals surface area contributed by atoms with Gasteiger partial charge in [0.15, 0.2) is 5.69 Å². The van der Waals surface area contributed by atoms with Gasteiger partial charge in [0, 0.05) is 22.5 Å². The number of nitrogens with one attached hydrogen (secondary N) is 2. The van der Waals surface area contributed by atoms with Gasteiger partial charge in [-0.05, 0) is 57.2 Å². The molecule has 3 aromatic rings. The first-order valence-corrected chi connectivity index (χ1v) is 8.52. The van der Waals surface area contributed by atoms with E-state index in [0.29, 0.717) is 17.3 Å². The van der Waals surface area contributed by atoms with Crippen LogP contribution in [0.2, 0.25) is 0 Å². The van der Waals surface area contributed by atoms with Crippen LogP contribution in [0.4, 0.5) is 5.69 Å². The number of aromatic amines is 1. The van der Waals surface area contributed by atoms with Crippen LogP contribution in [-0.2, 0) is 12.8 Å². The van der Waals surface area contributed by atoms with Gasteiger partial charge in [-0.15, -0.1) is 0 Å². The van der Waals surface area contributed by atoms with Gasteiger partial charge in [0.05, 0.1) is 5.69 Å². The lowest BCUT2D eigenvalue weighted by Gasteiger charge is -2.11. The molecule has 1 amide bonds. The molecule has 1 aromatic carbocycles. The fourth-order valence-corrected chi connectivity index (χ4v) is 3.27. The highest BCUT2D eigenvalue weighted by Gasteiger charge is 2.22. The van der Waals surface area contributed by atoms with Crippen molar-refractivity contribution >= 4 is 11.6 Å². The third-order valence-electron chi connectivity index (χ3n) is 4.62. The molecule has 0 spiro atoms. The van der Waals surface area contributed by atoms with Gasteiger partial charge < -0.3 is 9.73 Å². The Kier molecular flexibility index (Phi) is 3.87. The molecule has 4 rings (SSSR count). The Morgan fingerprint density at radius 3 is 2.88 bits per heavy atom. The van der Waals surface area contributed by atoms with Crippen molar-refractivity contribution in [3.8, 4) is 11.5 Å². The van der Waals surface area contributed by atoms with Crippen LogP contribution in [0.25, 0.3) is 11.5 Å². The van der Waals surface area contributed by atoms with E-state index in [2.05, 4.69) is 20.5 Å². The van der Waals surface area contributed by atoms with Crippen molar-refractivity contribution in [3.63, 3.8) is 0 Å². The number of fused-ring (bicyclic) bond motifs is 1. The summed E-state index contributed by atoms with van der Waals surface area (Å²) in [4.78, 5) is 17.0. The van der Waals surface area contributed by atoms with E-state index >= 15 is 0 Å². The molecule has 0 bridgehead atoms. The zero-order chi connectivity index (χ0) is 17.4. The number of oxazole rings is 1. The number of amides is 1. The summed E-state index contributed by atoms with van der Waals surface area (Å²) in [6.45, 7) is 3.87. The predicted octanol–water partition coefficient (Wildman–Crippen LogP) is 3.81. The minimum Gasteiger partial charge on any atom is -0.444 e. The van der Waals surface area contributed by atoms with Crippen LogP contribution in [0.15, 0.2) is 28.9 Å². The van der Waals surface area contributed by atoms with Crippen molar-refractivity contribution in [1.29, 1.82) is 0 Å². The van der Waals surface area contributed by atoms with E-state index in [1.54, 1.807) is 6.26 Å². The minimum absolute atomic E-state index is 0.183. The van der Waals surface area contributed by atoms with Gasteiger partial charge in [0.1, 0.15) is 6.26 Å². The fourth-order valence-electron chi connectivity index (χ4n) is 3.27. The molecule has 2 aromatic heterocycles. The van der Waals surface area contributed by atoms with Gasteiger partial charge >= 0.3 is 0 Å². The molecule has 1 aliphatic carbocycles. The van der Waals surface area contributed by atoms with Gasteiger partial charge in [0.25, 0.3) is 5.91 Å². The summed E-state index contributed by atoms with van der Waals surface area (Å²) in [7, 11) is 0. The highest BCUT2D eigenvalue weighted by Crippen LogP contribution is 2.27. The fraction of sp³-hybridized carbons (Fsp3) is 0.316. The van der Waals surface area contributed by atoms with Gasteiger partial charge in [-0.25, -0.2) is 4.98 Å². The standard InChI is InChI=1S/C19H20N4O2/c1-11-7-8-13(9-15(11)19-20-12(2)10-25-19)21-18(24)17-14-5-3-4-6-16(14)22-23-17/h7-10H,3-6H2,1-2H3,(H,21,24)(H,22,23). The minimum atomic E-state index is -0.183. The van der Waals surface area contributed by atoms with Gasteiger partial charge in [-0.2, -0.15) is 5.10 Å². The topological polar surface area (TPSA) is 83.8 Å². The molecule has 0 saturated heterocycles. The number of hydrogen-bond acceptors (Lipinski definition) is 4. The van der Waals surface area contributed by atoms with Crippen LogP contribution in [0.3, 0.4) is 0 Å². The maximum Gasteiger partial charge on any atom is 0.276 e. The molecule has 6 nitrogen and oxygen atoms in total. The summed E-state index contributed by atoms with van der Waals surface area (Å²) in [5.41, 5.74) is 6.09. The van der Waals surface area contributed by atoms with E-state index in [1.165, 1.54) is 0 Å². The highest BCUT2D eigenvalue weighted by molar-refractivity contribution is 6.04. The highest BCUT2D eigenvalue weighted by atomic mass is 16.3. The SMILES string of the molecule is Cc1coc(-c2cc(NC(=O)c3n[nH]c4c3CCCC4)ccc2C)n1. The molecule has 2 N–H and O–H groups in total. The van der Waals surface area contributed by atoms with Crippen LogP contribution in [0.1, 0.15) is 45.8 Å². The van der Waals surface area contributed by atoms with E-state index in [0.717, 1.165) is 53.8 Å². The second kappa shape index (κ2) is 6.20. The Labute approximate surface area is 145 Å². The van der Waals surface area contributed by atoms with Gasteiger partial charge in [-0.1, -0.05) is 6.07 Å². The molecule has 1 aliphatic rings. The van der Waals surface area contributed by atoms with E-state index < -0.39 is 0 Å². The van der Waals surface area contributed by atoms with Crippen LogP contribution < -0.4 is 5.32 Å². The lowest BCUT2D eigenvalue weighted by Crippen LogP contribution is -2.15. The van der Waals surface area contributed by atoms with Gasteiger partial charge in [0.2, 0.25) is 5.89 Å². The van der Waals surface area contributed by atoms with E-state index in [1.807, 2.05) is 32.0 Å². The molecule has 0 radical (unpaired) electrons. The number of carbonyl (C=O) groups excluding carboxylic acids is 1. The average molecular weight is 336 g/mol. The molecular formula is C19H20N4O2. The Hall–Kier alpha value is -2.89. The molecular weight excluding hydrogens is 316 g/mol. The van der Waals surface area contributed by atoms with Crippen LogP contribution in [0.5, 0.6) is 0 Å². The molecule has 2 heterocycles. The predicted molar refractivity (Wildman–Crippen MR) is 94.6 cm³/mol. The number of benzene rings is 1. The lowest BCUT2D eigenvalue weighted by molar-refractivity contribution is 0.102. The normalized spacial score (nSPS) is 13.5. The summed E-state index contributed by atoms with van der Waals surface area (Å²) < 4.78 is 5.50. The zero-order valence-electron chi connectivity index (χ0n) is 14.3. The average Bonchev–Trinajstić information content (AvgIpc) is 3.23. The van der Waals surface area contributed by atoms with Crippen molar-refractivity contribution < 1.29 is 9.21 Å². The molecule has 128 valence electrons. The number of nitrogens with zero attached hydrogens (tertiary/aromatic N) is 2. The Morgan fingerprint density at radius 1 is 1.24 bits per heavy atom. The van der Waals surface area contributed by atoms with Crippen molar-refractivity contribution in [2.45, 2.75) is 39.5 Å². The second-order valence-electron chi connectivity index (χ2n) is 6.51. The van der Waals surface area contributed by atoms with E-state index in [9.17, 15) is 4.79 Å². The summed E-state index contributed by atoms with van der Waals surface area (Å²) in [6.07, 6.45) is 5.74. The van der Waals surface area contributed by atoms with E-state index in [4.69, 9.17) is 4.42 Å². The Bertz CT molecular complexity index is 939. The van der Waals surface area contributed by atoms with Crippen LogP contribution in [-0.4, -0.2) is 21.1 Å². The lowest BCUT2D eigenvalue weighted by atomic mass is 9.96. The van der Waals surface area contributed by atoms with Crippen LogP contribution in [0, 0.1) is 13.8 Å². The number of H-pyrrole nitrogens is 1. The van der Waals surface area contributed by atoms with Crippen molar-refractivity contribution in [3.05, 3.63) is 52.7 Å². The Balaban J connectivity index is 1.61. The molecule has 25 heavy (non-hydrogen) atoms. The smallest absolute Gasteiger partial charge is 0.276 e. The summed E-state index contributed by atoms with van der Waals surface area (Å²) in [5, 5.41) is 10.2. The molecule has 0 fully saturated rings. The first-order chi connectivity index (χ1) is 12.1. The molecule has 0 unspecified atom stereocenters. The number of anilines is 1. The summed E-state index contributed by atoms with van der Waals surface area (Å²) >= 11 is 0. The molecule has 0 atom stereocenters. The Morgan fingerprint density at radius 2 is 2.08 bits per heavy atom. The van der Waals surface area contributed by atoms with Crippen molar-refractivity contribution in [1.82, 2.24) is 15.2 Å². The molecule has 0 aliphatic heterocycles. The number of carbonyl (C=O) groups is 1. The first-order valence-electron chi connectivity index (χ1n) is 8.52. The largest absolute Gasteiger partial charge is 0.444 e. The number of rotatable bonds is 3.